The van der Waals surface area contributed by atoms with Crippen molar-refractivity contribution in [2.24, 2.45) is 0 Å². The van der Waals surface area contributed by atoms with Crippen LogP contribution in [-0.2, 0) is 9.59 Å². The third kappa shape index (κ3) is 7.50. The van der Waals surface area contributed by atoms with E-state index in [1.54, 1.807) is 11.8 Å². The lowest BCUT2D eigenvalue weighted by Gasteiger charge is -2.07. The van der Waals surface area contributed by atoms with Crippen molar-refractivity contribution in [2.75, 3.05) is 18.1 Å². The largest absolute Gasteiger partial charge is 0.478 e. The van der Waals surface area contributed by atoms with Gasteiger partial charge in [-0.15, -0.1) is 0 Å². The highest BCUT2D eigenvalue weighted by Gasteiger charge is 2.14. The standard InChI is InChI=1S/C12H20N2O4S/c1-4-19-7-5-6-13-12(18)14-10(15)8(2)9(3)11(16)17/h4-7H2,1-3H3,(H,16,17)(H2,13,14,15,18). The molecule has 0 aromatic rings. The molecule has 0 radical (unpaired) electrons. The van der Waals surface area contributed by atoms with Crippen molar-refractivity contribution in [1.29, 1.82) is 0 Å². The van der Waals surface area contributed by atoms with Crippen LogP contribution in [0.4, 0.5) is 4.79 Å². The molecule has 19 heavy (non-hydrogen) atoms. The molecule has 0 fully saturated rings. The van der Waals surface area contributed by atoms with Gasteiger partial charge in [-0.1, -0.05) is 6.92 Å². The van der Waals surface area contributed by atoms with E-state index in [0.717, 1.165) is 17.9 Å². The van der Waals surface area contributed by atoms with Gasteiger partial charge in [-0.3, -0.25) is 10.1 Å². The van der Waals surface area contributed by atoms with Gasteiger partial charge in [-0.05, 0) is 31.8 Å². The number of amides is 3. The molecule has 0 aliphatic heterocycles. The SMILES string of the molecule is CCSCCCNC(=O)NC(=O)C(C)=C(C)C(=O)O. The van der Waals surface area contributed by atoms with E-state index in [1.807, 2.05) is 0 Å². The summed E-state index contributed by atoms with van der Waals surface area (Å²) in [7, 11) is 0. The van der Waals surface area contributed by atoms with E-state index >= 15 is 0 Å². The molecule has 3 N–H and O–H groups in total. The summed E-state index contributed by atoms with van der Waals surface area (Å²) in [5.41, 5.74) is -0.0613. The molecule has 7 heteroatoms. The number of thioether (sulfide) groups is 1. The second-order valence-corrected chi connectivity index (χ2v) is 5.21. The zero-order valence-corrected chi connectivity index (χ0v) is 12.2. The van der Waals surface area contributed by atoms with Gasteiger partial charge in [0.05, 0.1) is 0 Å². The van der Waals surface area contributed by atoms with Crippen LogP contribution in [0.5, 0.6) is 0 Å². The lowest BCUT2D eigenvalue weighted by Crippen LogP contribution is -2.40. The van der Waals surface area contributed by atoms with Crippen LogP contribution in [-0.4, -0.2) is 41.1 Å². The molecule has 3 amide bonds. The van der Waals surface area contributed by atoms with E-state index in [-0.39, 0.29) is 11.1 Å². The Morgan fingerprint density at radius 1 is 1.16 bits per heavy atom. The zero-order chi connectivity index (χ0) is 14.8. The van der Waals surface area contributed by atoms with Crippen LogP contribution in [0.3, 0.4) is 0 Å². The number of carbonyl (C=O) groups excluding carboxylic acids is 2. The van der Waals surface area contributed by atoms with E-state index in [9.17, 15) is 14.4 Å². The minimum absolute atomic E-state index is 0.0178. The third-order valence-corrected chi connectivity index (χ3v) is 3.39. The molecule has 108 valence electrons. The molecule has 0 atom stereocenters. The smallest absolute Gasteiger partial charge is 0.331 e. The van der Waals surface area contributed by atoms with Gasteiger partial charge in [0.1, 0.15) is 0 Å². The summed E-state index contributed by atoms with van der Waals surface area (Å²) in [6.45, 7) is 5.22. The zero-order valence-electron chi connectivity index (χ0n) is 11.4. The Balaban J connectivity index is 4.10. The first kappa shape index (κ1) is 17.5. The fourth-order valence-electron chi connectivity index (χ4n) is 1.09. The number of carbonyl (C=O) groups is 3. The monoisotopic (exact) mass is 288 g/mol. The topological polar surface area (TPSA) is 95.5 Å². The van der Waals surface area contributed by atoms with Crippen LogP contribution < -0.4 is 10.6 Å². The number of carboxylic acid groups (broad SMARTS) is 1. The van der Waals surface area contributed by atoms with Gasteiger partial charge < -0.3 is 10.4 Å². The average molecular weight is 288 g/mol. The molecule has 0 unspecified atom stereocenters. The molecular weight excluding hydrogens is 268 g/mol. The number of carboxylic acids is 1. The summed E-state index contributed by atoms with van der Waals surface area (Å²) in [5.74, 6) is 0.107. The number of imide groups is 1. The Morgan fingerprint density at radius 2 is 1.79 bits per heavy atom. The van der Waals surface area contributed by atoms with E-state index in [0.29, 0.717) is 6.54 Å². The highest BCUT2D eigenvalue weighted by Crippen LogP contribution is 2.03. The number of urea groups is 1. The lowest BCUT2D eigenvalue weighted by molar-refractivity contribution is -0.133. The summed E-state index contributed by atoms with van der Waals surface area (Å²) >= 11 is 1.77. The summed E-state index contributed by atoms with van der Waals surface area (Å²) in [6, 6.07) is -0.607. The Morgan fingerprint density at radius 3 is 2.32 bits per heavy atom. The molecule has 0 spiro atoms. The fourth-order valence-corrected chi connectivity index (χ4v) is 1.73. The summed E-state index contributed by atoms with van der Waals surface area (Å²) in [6.07, 6.45) is 0.823. The molecule has 0 aliphatic carbocycles. The molecule has 0 bridgehead atoms. The van der Waals surface area contributed by atoms with Crippen molar-refractivity contribution in [1.82, 2.24) is 10.6 Å². The van der Waals surface area contributed by atoms with Crippen LogP contribution >= 0.6 is 11.8 Å². The number of hydrogen-bond acceptors (Lipinski definition) is 4. The number of rotatable bonds is 7. The van der Waals surface area contributed by atoms with Crippen LogP contribution in [0, 0.1) is 0 Å². The number of nitrogens with one attached hydrogen (secondary N) is 2. The van der Waals surface area contributed by atoms with Gasteiger partial charge in [0.2, 0.25) is 0 Å². The quantitative estimate of drug-likeness (QED) is 0.486. The first-order valence-corrected chi connectivity index (χ1v) is 7.13. The van der Waals surface area contributed by atoms with Gasteiger partial charge in [0.15, 0.2) is 0 Å². The van der Waals surface area contributed by atoms with E-state index in [1.165, 1.54) is 13.8 Å². The first-order valence-electron chi connectivity index (χ1n) is 5.97. The maximum Gasteiger partial charge on any atom is 0.331 e. The minimum atomic E-state index is -1.18. The summed E-state index contributed by atoms with van der Waals surface area (Å²) in [4.78, 5) is 33.6. The Kier molecular flexibility index (Phi) is 8.69. The fraction of sp³-hybridized carbons (Fsp3) is 0.583. The molecule has 0 saturated carbocycles. The van der Waals surface area contributed by atoms with Crippen LogP contribution in [0.1, 0.15) is 27.2 Å². The Hall–Kier alpha value is -1.50. The molecule has 0 rings (SSSR count). The molecule has 6 nitrogen and oxygen atoms in total. The van der Waals surface area contributed by atoms with E-state index in [2.05, 4.69) is 17.6 Å². The van der Waals surface area contributed by atoms with Crippen LogP contribution in [0.2, 0.25) is 0 Å². The maximum absolute atomic E-state index is 11.5. The second kappa shape index (κ2) is 9.43. The summed E-state index contributed by atoms with van der Waals surface area (Å²) < 4.78 is 0. The first-order chi connectivity index (χ1) is 8.90. The van der Waals surface area contributed by atoms with Crippen molar-refractivity contribution in [3.63, 3.8) is 0 Å². The second-order valence-electron chi connectivity index (χ2n) is 3.82. The van der Waals surface area contributed by atoms with E-state index < -0.39 is 17.9 Å². The minimum Gasteiger partial charge on any atom is -0.478 e. The van der Waals surface area contributed by atoms with Gasteiger partial charge in [-0.25, -0.2) is 9.59 Å². The molecule has 0 heterocycles. The predicted octanol–water partition coefficient (Wildman–Crippen LogP) is 1.38. The third-order valence-electron chi connectivity index (χ3n) is 2.41. The van der Waals surface area contributed by atoms with Crippen molar-refractivity contribution < 1.29 is 19.5 Å². The van der Waals surface area contributed by atoms with Gasteiger partial charge in [0, 0.05) is 17.7 Å². The highest BCUT2D eigenvalue weighted by atomic mass is 32.2. The van der Waals surface area contributed by atoms with Crippen molar-refractivity contribution >= 4 is 29.7 Å². The molecular formula is C12H20N2O4S. The van der Waals surface area contributed by atoms with Crippen LogP contribution in [0.15, 0.2) is 11.1 Å². The lowest BCUT2D eigenvalue weighted by atomic mass is 10.1. The van der Waals surface area contributed by atoms with Crippen LogP contribution in [0.25, 0.3) is 0 Å². The van der Waals surface area contributed by atoms with Gasteiger partial charge >= 0.3 is 12.0 Å². The maximum atomic E-state index is 11.5. The van der Waals surface area contributed by atoms with Gasteiger partial charge in [0.25, 0.3) is 5.91 Å². The predicted molar refractivity (Wildman–Crippen MR) is 75.2 cm³/mol. The Bertz CT molecular complexity index is 380. The molecule has 0 aromatic carbocycles. The Labute approximate surface area is 117 Å². The molecule has 0 saturated heterocycles. The van der Waals surface area contributed by atoms with Crippen molar-refractivity contribution in [3.8, 4) is 0 Å². The van der Waals surface area contributed by atoms with Crippen molar-refractivity contribution in [3.05, 3.63) is 11.1 Å². The average Bonchev–Trinajstić information content (AvgIpc) is 2.36. The summed E-state index contributed by atoms with van der Waals surface area (Å²) in [5, 5.41) is 13.3. The van der Waals surface area contributed by atoms with Crippen molar-refractivity contribution in [2.45, 2.75) is 27.2 Å². The molecule has 0 aliphatic rings. The molecule has 0 aromatic heterocycles. The van der Waals surface area contributed by atoms with E-state index in [4.69, 9.17) is 5.11 Å². The number of hydrogen-bond donors (Lipinski definition) is 3. The normalized spacial score (nSPS) is 11.5. The van der Waals surface area contributed by atoms with Gasteiger partial charge in [-0.2, -0.15) is 11.8 Å². The highest BCUT2D eigenvalue weighted by molar-refractivity contribution is 7.99. The number of aliphatic carboxylic acids is 1.